The number of benzene rings is 7. The first kappa shape index (κ1) is 28.7. The van der Waals surface area contributed by atoms with E-state index in [1.807, 2.05) is 0 Å². The summed E-state index contributed by atoms with van der Waals surface area (Å²) in [5.74, 6) is 0.147. The summed E-state index contributed by atoms with van der Waals surface area (Å²) in [6, 6.07) is 68.7. The standard InChI is InChI=1S/C49H33N/c1-5-17-32(18-6-1)41-31-42-37-25-13-14-26-38(37)45(35-23-11-4-12-24-35)48(42)49-46(39-27-15-16-28-40(39)47(41)49)36-29-43(33-19-7-2-8-20-33)50-44(30-36)34-21-9-3-10-22-34/h1-31,45-46H. The van der Waals surface area contributed by atoms with Crippen LogP contribution >= 0.6 is 0 Å². The van der Waals surface area contributed by atoms with E-state index in [1.165, 1.54) is 66.8 Å². The largest absolute Gasteiger partial charge is 0.248 e. The second-order valence-electron chi connectivity index (χ2n) is 13.4. The van der Waals surface area contributed by atoms with Gasteiger partial charge in [0.25, 0.3) is 0 Å². The van der Waals surface area contributed by atoms with Gasteiger partial charge in [-0.05, 0) is 85.0 Å². The summed E-state index contributed by atoms with van der Waals surface area (Å²) in [5.41, 5.74) is 20.2. The van der Waals surface area contributed by atoms with E-state index in [1.54, 1.807) is 0 Å². The molecule has 0 amide bonds. The SMILES string of the molecule is c1ccc(-c2cc(C3c4ccccc4-c4c(-c5ccccc5)cc5c(c43)C(c3ccccc3)c3ccccc3-5)cc(-c3ccccc3)n2)cc1. The molecular formula is C49H33N. The lowest BCUT2D eigenvalue weighted by Crippen LogP contribution is -2.08. The highest BCUT2D eigenvalue weighted by atomic mass is 14.7. The highest BCUT2D eigenvalue weighted by Crippen LogP contribution is 2.60. The summed E-state index contributed by atoms with van der Waals surface area (Å²) < 4.78 is 0. The van der Waals surface area contributed by atoms with Gasteiger partial charge in [-0.15, -0.1) is 0 Å². The van der Waals surface area contributed by atoms with E-state index in [0.717, 1.165) is 22.5 Å². The molecule has 50 heavy (non-hydrogen) atoms. The van der Waals surface area contributed by atoms with E-state index < -0.39 is 0 Å². The van der Waals surface area contributed by atoms with Crippen LogP contribution in [0.1, 0.15) is 45.2 Å². The van der Waals surface area contributed by atoms with Crippen LogP contribution < -0.4 is 0 Å². The smallest absolute Gasteiger partial charge is 0.0712 e. The molecule has 2 atom stereocenters. The molecule has 1 nitrogen and oxygen atoms in total. The predicted molar refractivity (Wildman–Crippen MR) is 206 cm³/mol. The van der Waals surface area contributed by atoms with Crippen molar-refractivity contribution in [2.45, 2.75) is 11.8 Å². The first-order valence-electron chi connectivity index (χ1n) is 17.5. The van der Waals surface area contributed by atoms with Crippen LogP contribution in [-0.2, 0) is 0 Å². The van der Waals surface area contributed by atoms with Gasteiger partial charge in [-0.25, -0.2) is 4.98 Å². The fraction of sp³-hybridized carbons (Fsp3) is 0.0408. The van der Waals surface area contributed by atoms with Crippen LogP contribution in [0.5, 0.6) is 0 Å². The molecule has 0 fully saturated rings. The number of hydrogen-bond acceptors (Lipinski definition) is 1. The molecule has 0 N–H and O–H groups in total. The molecule has 0 spiro atoms. The maximum atomic E-state index is 5.29. The summed E-state index contributed by atoms with van der Waals surface area (Å²) in [6.45, 7) is 0. The fourth-order valence-corrected chi connectivity index (χ4v) is 8.54. The van der Waals surface area contributed by atoms with E-state index in [2.05, 4.69) is 188 Å². The Kier molecular flexibility index (Phi) is 6.70. The predicted octanol–water partition coefficient (Wildman–Crippen LogP) is 12.4. The zero-order valence-electron chi connectivity index (χ0n) is 27.5. The Balaban J connectivity index is 1.33. The van der Waals surface area contributed by atoms with E-state index in [0.29, 0.717) is 0 Å². The minimum atomic E-state index is 0.0204. The van der Waals surface area contributed by atoms with Crippen molar-refractivity contribution in [1.29, 1.82) is 0 Å². The molecule has 0 aliphatic heterocycles. The maximum absolute atomic E-state index is 5.29. The van der Waals surface area contributed by atoms with Gasteiger partial charge in [0.15, 0.2) is 0 Å². The fourth-order valence-electron chi connectivity index (χ4n) is 8.54. The molecule has 10 rings (SSSR count). The molecule has 2 aliphatic rings. The first-order valence-corrected chi connectivity index (χ1v) is 17.5. The monoisotopic (exact) mass is 635 g/mol. The number of hydrogen-bond donors (Lipinski definition) is 0. The van der Waals surface area contributed by atoms with Gasteiger partial charge in [-0.2, -0.15) is 0 Å². The highest BCUT2D eigenvalue weighted by molar-refractivity contribution is 5.99. The molecule has 1 heteroatoms. The number of rotatable bonds is 5. The minimum absolute atomic E-state index is 0.0204. The molecule has 8 aromatic rings. The van der Waals surface area contributed by atoms with Gasteiger partial charge in [0, 0.05) is 23.0 Å². The number of aromatic nitrogens is 1. The summed E-state index contributed by atoms with van der Waals surface area (Å²) in [7, 11) is 0. The number of nitrogens with zero attached hydrogens (tertiary/aromatic N) is 1. The van der Waals surface area contributed by atoms with Crippen LogP contribution in [0.2, 0.25) is 0 Å². The van der Waals surface area contributed by atoms with Crippen molar-refractivity contribution in [3.05, 3.63) is 221 Å². The molecule has 0 radical (unpaired) electrons. The van der Waals surface area contributed by atoms with E-state index >= 15 is 0 Å². The second kappa shape index (κ2) is 11.7. The Morgan fingerprint density at radius 1 is 0.320 bits per heavy atom. The van der Waals surface area contributed by atoms with Gasteiger partial charge in [-0.1, -0.05) is 170 Å². The third-order valence-electron chi connectivity index (χ3n) is 10.6. The summed E-state index contributed by atoms with van der Waals surface area (Å²) in [6.07, 6.45) is 0. The van der Waals surface area contributed by atoms with Crippen molar-refractivity contribution in [2.24, 2.45) is 0 Å². The van der Waals surface area contributed by atoms with Crippen molar-refractivity contribution in [3.8, 4) is 55.9 Å². The summed E-state index contributed by atoms with van der Waals surface area (Å²) in [4.78, 5) is 5.29. The molecule has 0 saturated carbocycles. The Morgan fingerprint density at radius 3 is 1.38 bits per heavy atom. The van der Waals surface area contributed by atoms with Crippen LogP contribution in [0, 0.1) is 0 Å². The Labute approximate surface area is 293 Å². The van der Waals surface area contributed by atoms with Crippen LogP contribution in [0.4, 0.5) is 0 Å². The average Bonchev–Trinajstić information content (AvgIpc) is 3.72. The number of fused-ring (bicyclic) bond motifs is 7. The lowest BCUT2D eigenvalue weighted by Gasteiger charge is -2.24. The van der Waals surface area contributed by atoms with Crippen molar-refractivity contribution in [1.82, 2.24) is 4.98 Å². The lowest BCUT2D eigenvalue weighted by atomic mass is 9.78. The van der Waals surface area contributed by atoms with Gasteiger partial charge < -0.3 is 0 Å². The molecule has 1 heterocycles. The lowest BCUT2D eigenvalue weighted by molar-refractivity contribution is 0.936. The third kappa shape index (κ3) is 4.51. The summed E-state index contributed by atoms with van der Waals surface area (Å²) in [5, 5.41) is 0. The van der Waals surface area contributed by atoms with Gasteiger partial charge in [-0.3, -0.25) is 0 Å². The molecule has 0 saturated heterocycles. The normalized spacial score (nSPS) is 15.2. The van der Waals surface area contributed by atoms with Crippen molar-refractivity contribution >= 4 is 0 Å². The van der Waals surface area contributed by atoms with Gasteiger partial charge in [0.2, 0.25) is 0 Å². The van der Waals surface area contributed by atoms with Crippen LogP contribution in [0.25, 0.3) is 55.9 Å². The van der Waals surface area contributed by atoms with E-state index in [9.17, 15) is 0 Å². The van der Waals surface area contributed by atoms with E-state index in [-0.39, 0.29) is 11.8 Å². The topological polar surface area (TPSA) is 12.9 Å². The van der Waals surface area contributed by atoms with E-state index in [4.69, 9.17) is 4.98 Å². The Bertz CT molecular complexity index is 2460. The Morgan fingerprint density at radius 2 is 0.780 bits per heavy atom. The van der Waals surface area contributed by atoms with Crippen molar-refractivity contribution in [3.63, 3.8) is 0 Å². The average molecular weight is 636 g/mol. The van der Waals surface area contributed by atoms with Crippen molar-refractivity contribution in [2.75, 3.05) is 0 Å². The molecule has 2 unspecified atom stereocenters. The molecule has 1 aromatic heterocycles. The quantitative estimate of drug-likeness (QED) is 0.183. The summed E-state index contributed by atoms with van der Waals surface area (Å²) >= 11 is 0. The highest BCUT2D eigenvalue weighted by Gasteiger charge is 2.41. The Hall–Kier alpha value is -6.31. The first-order chi connectivity index (χ1) is 24.8. The van der Waals surface area contributed by atoms with Crippen LogP contribution in [0.3, 0.4) is 0 Å². The molecule has 0 bridgehead atoms. The third-order valence-corrected chi connectivity index (χ3v) is 10.6. The van der Waals surface area contributed by atoms with Crippen LogP contribution in [0.15, 0.2) is 188 Å². The number of pyridine rings is 1. The van der Waals surface area contributed by atoms with Crippen LogP contribution in [-0.4, -0.2) is 4.98 Å². The molecular weight excluding hydrogens is 603 g/mol. The maximum Gasteiger partial charge on any atom is 0.0712 e. The second-order valence-corrected chi connectivity index (χ2v) is 13.4. The minimum Gasteiger partial charge on any atom is -0.248 e. The van der Waals surface area contributed by atoms with Gasteiger partial charge >= 0.3 is 0 Å². The zero-order valence-corrected chi connectivity index (χ0v) is 27.5. The van der Waals surface area contributed by atoms with Crippen molar-refractivity contribution < 1.29 is 0 Å². The molecule has 234 valence electrons. The zero-order chi connectivity index (χ0) is 33.0. The molecule has 2 aliphatic carbocycles. The molecule has 7 aromatic carbocycles. The van der Waals surface area contributed by atoms with Gasteiger partial charge in [0.05, 0.1) is 11.4 Å². The van der Waals surface area contributed by atoms with Gasteiger partial charge in [0.1, 0.15) is 0 Å².